The van der Waals surface area contributed by atoms with Crippen LogP contribution in [0.2, 0.25) is 5.02 Å². The van der Waals surface area contributed by atoms with E-state index in [1.807, 2.05) is 12.1 Å². The molecule has 5 heteroatoms. The lowest BCUT2D eigenvalue weighted by Crippen LogP contribution is -2.41. The SMILES string of the molecule is O=C(O)[C@H]1[C@@H]2CC[C@@H](C2)[C@@H]1C(=O)NCc1cccc(Cl)c1. The molecule has 0 spiro atoms. The maximum Gasteiger partial charge on any atom is 0.307 e. The minimum absolute atomic E-state index is 0.130. The van der Waals surface area contributed by atoms with Crippen LogP contribution in [0.15, 0.2) is 24.3 Å². The van der Waals surface area contributed by atoms with E-state index in [2.05, 4.69) is 5.32 Å². The summed E-state index contributed by atoms with van der Waals surface area (Å²) in [5.74, 6) is -1.44. The Labute approximate surface area is 128 Å². The Morgan fingerprint density at radius 1 is 1.24 bits per heavy atom. The molecule has 2 fully saturated rings. The van der Waals surface area contributed by atoms with E-state index < -0.39 is 11.9 Å². The van der Waals surface area contributed by atoms with Crippen LogP contribution in [0.3, 0.4) is 0 Å². The summed E-state index contributed by atoms with van der Waals surface area (Å²) in [6.07, 6.45) is 2.80. The number of hydrogen-bond donors (Lipinski definition) is 2. The summed E-state index contributed by atoms with van der Waals surface area (Å²) < 4.78 is 0. The first-order valence-corrected chi connectivity index (χ1v) is 7.69. The van der Waals surface area contributed by atoms with Gasteiger partial charge in [0.2, 0.25) is 5.91 Å². The molecular weight excluding hydrogens is 290 g/mol. The molecule has 0 heterocycles. The Kier molecular flexibility index (Phi) is 3.89. The van der Waals surface area contributed by atoms with E-state index in [4.69, 9.17) is 11.6 Å². The van der Waals surface area contributed by atoms with Crippen molar-refractivity contribution in [3.8, 4) is 0 Å². The quantitative estimate of drug-likeness (QED) is 0.899. The Bertz CT molecular complexity index is 574. The minimum atomic E-state index is -0.829. The summed E-state index contributed by atoms with van der Waals surface area (Å²) in [5.41, 5.74) is 0.922. The summed E-state index contributed by atoms with van der Waals surface area (Å²) >= 11 is 5.91. The molecule has 0 aliphatic heterocycles. The van der Waals surface area contributed by atoms with Crippen molar-refractivity contribution in [2.75, 3.05) is 0 Å². The second-order valence-electron chi connectivity index (χ2n) is 6.07. The number of nitrogens with one attached hydrogen (secondary N) is 1. The number of halogens is 1. The first kappa shape index (κ1) is 14.4. The third-order valence-corrected chi connectivity index (χ3v) is 5.10. The molecule has 2 aliphatic rings. The van der Waals surface area contributed by atoms with Crippen LogP contribution >= 0.6 is 11.6 Å². The van der Waals surface area contributed by atoms with Gasteiger partial charge in [0.05, 0.1) is 11.8 Å². The van der Waals surface area contributed by atoms with Gasteiger partial charge in [-0.15, -0.1) is 0 Å². The Balaban J connectivity index is 1.66. The Morgan fingerprint density at radius 2 is 1.95 bits per heavy atom. The van der Waals surface area contributed by atoms with Crippen LogP contribution in [0.1, 0.15) is 24.8 Å². The number of fused-ring (bicyclic) bond motifs is 2. The van der Waals surface area contributed by atoms with Crippen LogP contribution in [0.4, 0.5) is 0 Å². The third kappa shape index (κ3) is 2.77. The molecule has 2 aliphatic carbocycles. The van der Waals surface area contributed by atoms with Crippen LogP contribution < -0.4 is 5.32 Å². The zero-order chi connectivity index (χ0) is 15.0. The molecule has 0 unspecified atom stereocenters. The number of carboxylic acids is 1. The highest BCUT2D eigenvalue weighted by molar-refractivity contribution is 6.30. The molecule has 1 aromatic carbocycles. The zero-order valence-electron chi connectivity index (χ0n) is 11.6. The highest BCUT2D eigenvalue weighted by Gasteiger charge is 2.53. The third-order valence-electron chi connectivity index (χ3n) is 4.86. The van der Waals surface area contributed by atoms with Gasteiger partial charge in [-0.3, -0.25) is 9.59 Å². The van der Waals surface area contributed by atoms with Gasteiger partial charge in [-0.2, -0.15) is 0 Å². The normalized spacial score (nSPS) is 30.3. The van der Waals surface area contributed by atoms with Crippen molar-refractivity contribution in [2.24, 2.45) is 23.7 Å². The van der Waals surface area contributed by atoms with Gasteiger partial charge in [-0.05, 0) is 48.8 Å². The van der Waals surface area contributed by atoms with Gasteiger partial charge in [-0.25, -0.2) is 0 Å². The predicted molar refractivity (Wildman–Crippen MR) is 78.7 cm³/mol. The van der Waals surface area contributed by atoms with Crippen LogP contribution in [0, 0.1) is 23.7 Å². The Hall–Kier alpha value is -1.55. The maximum absolute atomic E-state index is 12.4. The lowest BCUT2D eigenvalue weighted by Gasteiger charge is -2.27. The maximum atomic E-state index is 12.4. The first-order valence-electron chi connectivity index (χ1n) is 7.31. The second-order valence-corrected chi connectivity index (χ2v) is 6.51. The molecule has 2 saturated carbocycles. The summed E-state index contributed by atoms with van der Waals surface area (Å²) in [5, 5.41) is 12.9. The predicted octanol–water partition coefficient (Wildman–Crippen LogP) is 2.70. The fourth-order valence-corrected chi connectivity index (χ4v) is 4.19. The second kappa shape index (κ2) is 5.68. The lowest BCUT2D eigenvalue weighted by atomic mass is 9.78. The van der Waals surface area contributed by atoms with Crippen molar-refractivity contribution in [3.05, 3.63) is 34.9 Å². The van der Waals surface area contributed by atoms with Gasteiger partial charge < -0.3 is 10.4 Å². The summed E-state index contributed by atoms with van der Waals surface area (Å²) in [4.78, 5) is 23.8. The standard InChI is InChI=1S/C16H18ClNO3/c17-12-3-1-2-9(6-12)8-18-15(19)13-10-4-5-11(7-10)14(13)16(20)21/h1-3,6,10-11,13-14H,4-5,7-8H2,(H,18,19)(H,20,21)/t10-,11+,13-,14-/m0/s1. The van der Waals surface area contributed by atoms with E-state index in [-0.39, 0.29) is 23.7 Å². The van der Waals surface area contributed by atoms with Gasteiger partial charge in [0.1, 0.15) is 0 Å². The fraction of sp³-hybridized carbons (Fsp3) is 0.500. The number of aliphatic carboxylic acids is 1. The molecule has 0 saturated heterocycles. The smallest absolute Gasteiger partial charge is 0.307 e. The van der Waals surface area contributed by atoms with Crippen LogP contribution in [0.5, 0.6) is 0 Å². The minimum Gasteiger partial charge on any atom is -0.481 e. The zero-order valence-corrected chi connectivity index (χ0v) is 12.3. The van der Waals surface area contributed by atoms with Crippen molar-refractivity contribution < 1.29 is 14.7 Å². The van der Waals surface area contributed by atoms with Crippen molar-refractivity contribution in [1.29, 1.82) is 0 Å². The number of carbonyl (C=O) groups excluding carboxylic acids is 1. The molecule has 4 nitrogen and oxygen atoms in total. The van der Waals surface area contributed by atoms with E-state index in [1.54, 1.807) is 12.1 Å². The highest BCUT2D eigenvalue weighted by Crippen LogP contribution is 2.52. The topological polar surface area (TPSA) is 66.4 Å². The molecule has 1 aromatic rings. The molecule has 4 atom stereocenters. The monoisotopic (exact) mass is 307 g/mol. The van der Waals surface area contributed by atoms with E-state index in [0.29, 0.717) is 11.6 Å². The average molecular weight is 308 g/mol. The summed E-state index contributed by atoms with van der Waals surface area (Å²) in [7, 11) is 0. The first-order chi connectivity index (χ1) is 10.1. The fourth-order valence-electron chi connectivity index (χ4n) is 3.98. The Morgan fingerprint density at radius 3 is 2.62 bits per heavy atom. The number of amides is 1. The van der Waals surface area contributed by atoms with Crippen molar-refractivity contribution >= 4 is 23.5 Å². The molecule has 1 amide bonds. The van der Waals surface area contributed by atoms with Crippen molar-refractivity contribution in [2.45, 2.75) is 25.8 Å². The van der Waals surface area contributed by atoms with Crippen molar-refractivity contribution in [1.82, 2.24) is 5.32 Å². The molecule has 21 heavy (non-hydrogen) atoms. The molecular formula is C16H18ClNO3. The molecule has 2 bridgehead atoms. The molecule has 0 radical (unpaired) electrons. The van der Waals surface area contributed by atoms with Gasteiger partial charge in [-0.1, -0.05) is 23.7 Å². The molecule has 0 aromatic heterocycles. The van der Waals surface area contributed by atoms with Gasteiger partial charge >= 0.3 is 5.97 Å². The van der Waals surface area contributed by atoms with Crippen LogP contribution in [-0.2, 0) is 16.1 Å². The largest absolute Gasteiger partial charge is 0.481 e. The van der Waals surface area contributed by atoms with Crippen LogP contribution in [0.25, 0.3) is 0 Å². The van der Waals surface area contributed by atoms with Gasteiger partial charge in [0, 0.05) is 11.6 Å². The van der Waals surface area contributed by atoms with E-state index in [0.717, 1.165) is 24.8 Å². The number of hydrogen-bond acceptors (Lipinski definition) is 2. The average Bonchev–Trinajstić information content (AvgIpc) is 3.05. The van der Waals surface area contributed by atoms with E-state index in [1.165, 1.54) is 0 Å². The van der Waals surface area contributed by atoms with E-state index >= 15 is 0 Å². The van der Waals surface area contributed by atoms with E-state index in [9.17, 15) is 14.7 Å². The number of carbonyl (C=O) groups is 2. The van der Waals surface area contributed by atoms with Crippen LogP contribution in [-0.4, -0.2) is 17.0 Å². The molecule has 3 rings (SSSR count). The summed E-state index contributed by atoms with van der Waals surface area (Å²) in [6.45, 7) is 0.389. The van der Waals surface area contributed by atoms with Gasteiger partial charge in [0.15, 0.2) is 0 Å². The number of rotatable bonds is 4. The molecule has 112 valence electrons. The van der Waals surface area contributed by atoms with Gasteiger partial charge in [0.25, 0.3) is 0 Å². The molecule has 2 N–H and O–H groups in total. The number of carboxylic acid groups (broad SMARTS) is 1. The summed E-state index contributed by atoms with van der Waals surface area (Å²) in [6, 6.07) is 7.31. The lowest BCUT2D eigenvalue weighted by molar-refractivity contribution is -0.149. The number of benzene rings is 1. The van der Waals surface area contributed by atoms with Crippen molar-refractivity contribution in [3.63, 3.8) is 0 Å². The highest BCUT2D eigenvalue weighted by atomic mass is 35.5.